The summed E-state index contributed by atoms with van der Waals surface area (Å²) in [4.78, 5) is 20.3. The number of hydrogen-bond acceptors (Lipinski definition) is 4. The van der Waals surface area contributed by atoms with E-state index in [-0.39, 0.29) is 0 Å². The van der Waals surface area contributed by atoms with E-state index in [0.717, 1.165) is 12.8 Å². The number of nitrogens with zero attached hydrogens (tertiary/aromatic N) is 1. The van der Waals surface area contributed by atoms with Crippen molar-refractivity contribution in [2.45, 2.75) is 245 Å². The monoisotopic (exact) mass is 686 g/mol. The standard InChI is InChI=1S/C42H88NO3P/c1-3-5-7-9-11-13-23-27-31-35-39-43(40-36-32-28-24-14-12-10-8-6-4-2)41-37-33-29-25-21-19-17-15-16-18-20-22-26-30-34-38-42-46-47(44)45/h44-45H,3-42H2,1-2H3. The van der Waals surface area contributed by atoms with E-state index >= 15 is 0 Å². The Balaban J connectivity index is 3.78. The zero-order valence-electron chi connectivity index (χ0n) is 32.5. The molecule has 0 fully saturated rings. The maximum atomic E-state index is 8.72. The second kappa shape index (κ2) is 42.4. The highest BCUT2D eigenvalue weighted by Gasteiger charge is 2.06. The summed E-state index contributed by atoms with van der Waals surface area (Å²) < 4.78 is 4.81. The Morgan fingerprint density at radius 1 is 0.319 bits per heavy atom. The Labute approximate surface area is 298 Å². The van der Waals surface area contributed by atoms with Crippen molar-refractivity contribution in [1.29, 1.82) is 0 Å². The van der Waals surface area contributed by atoms with Gasteiger partial charge in [0.25, 0.3) is 0 Å². The van der Waals surface area contributed by atoms with Crippen LogP contribution in [0.15, 0.2) is 0 Å². The van der Waals surface area contributed by atoms with Crippen molar-refractivity contribution < 1.29 is 14.3 Å². The lowest BCUT2D eigenvalue weighted by molar-refractivity contribution is 0.248. The second-order valence-corrected chi connectivity index (χ2v) is 15.7. The van der Waals surface area contributed by atoms with E-state index in [0.29, 0.717) is 6.61 Å². The fourth-order valence-electron chi connectivity index (χ4n) is 7.04. The molecule has 0 aliphatic heterocycles. The normalized spacial score (nSPS) is 11.9. The van der Waals surface area contributed by atoms with Crippen molar-refractivity contribution in [3.05, 3.63) is 0 Å². The molecule has 0 aromatic rings. The molecule has 0 aliphatic carbocycles. The smallest absolute Gasteiger partial charge is 0.327 e. The first-order chi connectivity index (χ1) is 23.2. The summed E-state index contributed by atoms with van der Waals surface area (Å²) in [6.07, 6.45) is 50.5. The molecular weight excluding hydrogens is 597 g/mol. The van der Waals surface area contributed by atoms with Gasteiger partial charge in [-0.1, -0.05) is 219 Å². The Morgan fingerprint density at radius 3 is 0.766 bits per heavy atom. The van der Waals surface area contributed by atoms with Gasteiger partial charge in [0.1, 0.15) is 0 Å². The Hall–Kier alpha value is 0.270. The van der Waals surface area contributed by atoms with Crippen LogP contribution in [0.3, 0.4) is 0 Å². The molecule has 0 aromatic carbocycles. The first-order valence-electron chi connectivity index (χ1n) is 21.7. The highest BCUT2D eigenvalue weighted by molar-refractivity contribution is 7.39. The van der Waals surface area contributed by atoms with E-state index in [2.05, 4.69) is 18.7 Å². The largest absolute Gasteiger partial charge is 0.328 e. The minimum absolute atomic E-state index is 0.482. The van der Waals surface area contributed by atoms with Gasteiger partial charge in [-0.3, -0.25) is 0 Å². The van der Waals surface area contributed by atoms with Gasteiger partial charge in [0.2, 0.25) is 0 Å². The summed E-state index contributed by atoms with van der Waals surface area (Å²) in [6.45, 7) is 9.15. The summed E-state index contributed by atoms with van der Waals surface area (Å²) in [5.74, 6) is 0. The summed E-state index contributed by atoms with van der Waals surface area (Å²) >= 11 is 0. The lowest BCUT2D eigenvalue weighted by atomic mass is 10.0. The van der Waals surface area contributed by atoms with E-state index in [1.807, 2.05) is 0 Å². The van der Waals surface area contributed by atoms with Crippen LogP contribution in [0.2, 0.25) is 0 Å². The van der Waals surface area contributed by atoms with Crippen LogP contribution in [-0.2, 0) is 4.52 Å². The molecule has 0 saturated heterocycles. The SMILES string of the molecule is CCCCCCCCCCCCN(CCCCCCCCCCCC)CCCCCCCCCCCCCCCCCCOP(O)O. The Bertz CT molecular complexity index is 526. The molecule has 0 spiro atoms. The van der Waals surface area contributed by atoms with Crippen LogP contribution in [0.5, 0.6) is 0 Å². The minimum Gasteiger partial charge on any atom is -0.328 e. The van der Waals surface area contributed by atoms with Gasteiger partial charge in [-0.2, -0.15) is 0 Å². The predicted octanol–water partition coefficient (Wildman–Crippen LogP) is 14.6. The van der Waals surface area contributed by atoms with E-state index in [1.54, 1.807) is 0 Å². The number of unbranched alkanes of at least 4 members (excludes halogenated alkanes) is 33. The van der Waals surface area contributed by atoms with Crippen molar-refractivity contribution in [2.75, 3.05) is 26.2 Å². The predicted molar refractivity (Wildman–Crippen MR) is 211 cm³/mol. The molecule has 0 rings (SSSR count). The fourth-order valence-corrected chi connectivity index (χ4v) is 7.33. The molecule has 0 atom stereocenters. The van der Waals surface area contributed by atoms with Crippen molar-refractivity contribution in [2.24, 2.45) is 0 Å². The van der Waals surface area contributed by atoms with Crippen LogP contribution in [0.25, 0.3) is 0 Å². The van der Waals surface area contributed by atoms with Gasteiger partial charge in [0.05, 0.1) is 6.61 Å². The highest BCUT2D eigenvalue weighted by Crippen LogP contribution is 2.24. The zero-order valence-corrected chi connectivity index (χ0v) is 33.4. The fraction of sp³-hybridized carbons (Fsp3) is 1.00. The molecule has 284 valence electrons. The third kappa shape index (κ3) is 42.4. The molecule has 0 aromatic heterocycles. The lowest BCUT2D eigenvalue weighted by Crippen LogP contribution is -2.27. The first-order valence-corrected chi connectivity index (χ1v) is 22.9. The molecule has 5 heteroatoms. The molecule has 0 amide bonds. The van der Waals surface area contributed by atoms with Crippen LogP contribution in [0.1, 0.15) is 245 Å². The van der Waals surface area contributed by atoms with E-state index in [9.17, 15) is 0 Å². The van der Waals surface area contributed by atoms with Gasteiger partial charge < -0.3 is 19.2 Å². The third-order valence-corrected chi connectivity index (χ3v) is 10.6. The summed E-state index contributed by atoms with van der Waals surface area (Å²) in [5, 5.41) is 0. The highest BCUT2D eigenvalue weighted by atomic mass is 31.2. The van der Waals surface area contributed by atoms with Gasteiger partial charge in [0, 0.05) is 0 Å². The van der Waals surface area contributed by atoms with Gasteiger partial charge in [-0.25, -0.2) is 0 Å². The maximum absolute atomic E-state index is 8.72. The topological polar surface area (TPSA) is 52.9 Å². The van der Waals surface area contributed by atoms with Gasteiger partial charge >= 0.3 is 8.60 Å². The molecule has 4 nitrogen and oxygen atoms in total. The van der Waals surface area contributed by atoms with Gasteiger partial charge in [0.15, 0.2) is 0 Å². The lowest BCUT2D eigenvalue weighted by Gasteiger charge is -2.22. The molecule has 47 heavy (non-hydrogen) atoms. The van der Waals surface area contributed by atoms with E-state index in [1.165, 1.54) is 238 Å². The zero-order chi connectivity index (χ0) is 34.1. The van der Waals surface area contributed by atoms with Crippen LogP contribution < -0.4 is 0 Å². The first kappa shape index (κ1) is 47.3. The van der Waals surface area contributed by atoms with Crippen molar-refractivity contribution in [3.63, 3.8) is 0 Å². The van der Waals surface area contributed by atoms with Crippen molar-refractivity contribution in [3.8, 4) is 0 Å². The molecule has 2 N–H and O–H groups in total. The Morgan fingerprint density at radius 2 is 0.532 bits per heavy atom. The van der Waals surface area contributed by atoms with Crippen LogP contribution in [0, 0.1) is 0 Å². The van der Waals surface area contributed by atoms with Crippen molar-refractivity contribution in [1.82, 2.24) is 4.90 Å². The summed E-state index contributed by atoms with van der Waals surface area (Å²) in [5.41, 5.74) is 0. The molecule has 0 unspecified atom stereocenters. The Kier molecular flexibility index (Phi) is 42.7. The molecular formula is C42H88NO3P. The summed E-state index contributed by atoms with van der Waals surface area (Å²) in [6, 6.07) is 0. The van der Waals surface area contributed by atoms with Gasteiger partial charge in [-0.05, 0) is 45.3 Å². The third-order valence-electron chi connectivity index (χ3n) is 10.2. The minimum atomic E-state index is -2.16. The average Bonchev–Trinajstić information content (AvgIpc) is 3.06. The molecule has 0 aliphatic rings. The number of rotatable bonds is 42. The molecule has 0 bridgehead atoms. The average molecular weight is 686 g/mol. The van der Waals surface area contributed by atoms with E-state index in [4.69, 9.17) is 14.3 Å². The van der Waals surface area contributed by atoms with Gasteiger partial charge in [-0.15, -0.1) is 0 Å². The second-order valence-electron chi connectivity index (χ2n) is 14.9. The van der Waals surface area contributed by atoms with E-state index < -0.39 is 8.60 Å². The maximum Gasteiger partial charge on any atom is 0.327 e. The van der Waals surface area contributed by atoms with Crippen LogP contribution in [0.4, 0.5) is 0 Å². The molecule has 0 saturated carbocycles. The van der Waals surface area contributed by atoms with Crippen LogP contribution in [-0.4, -0.2) is 40.9 Å². The van der Waals surface area contributed by atoms with Crippen molar-refractivity contribution >= 4 is 8.60 Å². The summed E-state index contributed by atoms with van der Waals surface area (Å²) in [7, 11) is -2.16. The quantitative estimate of drug-likeness (QED) is 0.0496. The molecule has 0 heterocycles. The molecule has 0 radical (unpaired) electrons. The number of hydrogen-bond donors (Lipinski definition) is 2. The van der Waals surface area contributed by atoms with Crippen LogP contribution >= 0.6 is 8.60 Å².